The van der Waals surface area contributed by atoms with Crippen LogP contribution in [-0.4, -0.2) is 26.2 Å². The Morgan fingerprint density at radius 3 is 2.62 bits per heavy atom. The molecule has 0 aromatic heterocycles. The van der Waals surface area contributed by atoms with E-state index >= 15 is 0 Å². The standard InChI is InChI=1S/C9H13FN2O3S/c1-6(13)5-12-9-3-2-7(4-8(9)10)16(11,14)15/h2-4,6,12-13H,5H2,1H3,(H2,11,14,15). The van der Waals surface area contributed by atoms with Crippen molar-refractivity contribution >= 4 is 15.7 Å². The van der Waals surface area contributed by atoms with Crippen LogP contribution in [0.5, 0.6) is 0 Å². The number of rotatable bonds is 4. The molecule has 1 rings (SSSR count). The van der Waals surface area contributed by atoms with Gasteiger partial charge in [0.2, 0.25) is 10.0 Å². The molecule has 0 aliphatic carbocycles. The zero-order valence-electron chi connectivity index (χ0n) is 8.64. The molecule has 16 heavy (non-hydrogen) atoms. The summed E-state index contributed by atoms with van der Waals surface area (Å²) in [5.74, 6) is -0.729. The van der Waals surface area contributed by atoms with Crippen LogP contribution in [0.4, 0.5) is 10.1 Å². The third kappa shape index (κ3) is 3.44. The summed E-state index contributed by atoms with van der Waals surface area (Å²) < 4.78 is 35.2. The average Bonchev–Trinajstić information content (AvgIpc) is 2.14. The first-order chi connectivity index (χ1) is 7.30. The van der Waals surface area contributed by atoms with Gasteiger partial charge in [-0.2, -0.15) is 0 Å². The summed E-state index contributed by atoms with van der Waals surface area (Å²) in [5, 5.41) is 16.5. The van der Waals surface area contributed by atoms with Crippen LogP contribution < -0.4 is 10.5 Å². The number of benzene rings is 1. The largest absolute Gasteiger partial charge is 0.392 e. The van der Waals surface area contributed by atoms with E-state index in [-0.39, 0.29) is 17.1 Å². The Balaban J connectivity index is 2.92. The molecular weight excluding hydrogens is 235 g/mol. The second-order valence-electron chi connectivity index (χ2n) is 3.42. The summed E-state index contributed by atoms with van der Waals surface area (Å²) in [6, 6.07) is 3.29. The van der Waals surface area contributed by atoms with Crippen molar-refractivity contribution < 1.29 is 17.9 Å². The molecule has 0 bridgehead atoms. The van der Waals surface area contributed by atoms with Crippen LogP contribution in [0.2, 0.25) is 0 Å². The lowest BCUT2D eigenvalue weighted by Crippen LogP contribution is -2.17. The molecule has 0 amide bonds. The lowest BCUT2D eigenvalue weighted by atomic mass is 10.3. The first-order valence-corrected chi connectivity index (χ1v) is 6.09. The predicted octanol–water partition coefficient (Wildman–Crippen LogP) is 0.266. The third-order valence-electron chi connectivity index (χ3n) is 1.86. The lowest BCUT2D eigenvalue weighted by molar-refractivity contribution is 0.208. The van der Waals surface area contributed by atoms with E-state index in [9.17, 15) is 12.8 Å². The van der Waals surface area contributed by atoms with Gasteiger partial charge in [-0.3, -0.25) is 0 Å². The summed E-state index contributed by atoms with van der Waals surface area (Å²) in [6.07, 6.45) is -0.627. The van der Waals surface area contributed by atoms with Crippen molar-refractivity contribution in [2.75, 3.05) is 11.9 Å². The number of aliphatic hydroxyl groups is 1. The van der Waals surface area contributed by atoms with E-state index in [2.05, 4.69) is 5.32 Å². The highest BCUT2D eigenvalue weighted by Crippen LogP contribution is 2.17. The number of halogens is 1. The molecule has 90 valence electrons. The molecule has 0 aliphatic heterocycles. The van der Waals surface area contributed by atoms with Gasteiger partial charge in [0, 0.05) is 6.54 Å². The lowest BCUT2D eigenvalue weighted by Gasteiger charge is -2.09. The van der Waals surface area contributed by atoms with Crippen LogP contribution in [0.25, 0.3) is 0 Å². The minimum atomic E-state index is -3.89. The zero-order valence-corrected chi connectivity index (χ0v) is 9.46. The van der Waals surface area contributed by atoms with E-state index < -0.39 is 21.9 Å². The minimum absolute atomic E-state index is 0.119. The van der Waals surface area contributed by atoms with E-state index in [1.165, 1.54) is 12.1 Å². The van der Waals surface area contributed by atoms with Crippen LogP contribution in [0.15, 0.2) is 23.1 Å². The first kappa shape index (κ1) is 12.9. The fourth-order valence-corrected chi connectivity index (χ4v) is 1.60. The van der Waals surface area contributed by atoms with Gasteiger partial charge in [-0.05, 0) is 25.1 Å². The summed E-state index contributed by atoms with van der Waals surface area (Å²) in [6.45, 7) is 1.72. The van der Waals surface area contributed by atoms with Gasteiger partial charge in [-0.25, -0.2) is 17.9 Å². The monoisotopic (exact) mass is 248 g/mol. The molecule has 1 aromatic carbocycles. The minimum Gasteiger partial charge on any atom is -0.392 e. The van der Waals surface area contributed by atoms with Gasteiger partial charge in [0.1, 0.15) is 5.82 Å². The van der Waals surface area contributed by atoms with Gasteiger partial charge in [0.05, 0.1) is 16.7 Å². The Hall–Kier alpha value is -1.18. The average molecular weight is 248 g/mol. The second kappa shape index (κ2) is 4.77. The number of sulfonamides is 1. The van der Waals surface area contributed by atoms with Gasteiger partial charge >= 0.3 is 0 Å². The molecule has 1 aromatic rings. The van der Waals surface area contributed by atoms with Gasteiger partial charge in [0.15, 0.2) is 0 Å². The van der Waals surface area contributed by atoms with Gasteiger partial charge in [-0.1, -0.05) is 0 Å². The van der Waals surface area contributed by atoms with E-state index in [1.807, 2.05) is 0 Å². The molecule has 0 heterocycles. The highest BCUT2D eigenvalue weighted by Gasteiger charge is 2.11. The summed E-state index contributed by atoms with van der Waals surface area (Å²) in [5.41, 5.74) is 0.119. The van der Waals surface area contributed by atoms with E-state index in [1.54, 1.807) is 6.92 Å². The number of hydrogen-bond acceptors (Lipinski definition) is 4. The Labute approximate surface area is 93.1 Å². The SMILES string of the molecule is CC(O)CNc1ccc(S(N)(=O)=O)cc1F. The van der Waals surface area contributed by atoms with Gasteiger partial charge < -0.3 is 10.4 Å². The molecular formula is C9H13FN2O3S. The van der Waals surface area contributed by atoms with E-state index in [0.29, 0.717) is 0 Å². The number of aliphatic hydroxyl groups excluding tert-OH is 1. The van der Waals surface area contributed by atoms with E-state index in [0.717, 1.165) is 6.07 Å². The van der Waals surface area contributed by atoms with Crippen molar-refractivity contribution in [1.82, 2.24) is 0 Å². The molecule has 4 N–H and O–H groups in total. The van der Waals surface area contributed by atoms with Crippen LogP contribution in [0.1, 0.15) is 6.92 Å². The van der Waals surface area contributed by atoms with Crippen molar-refractivity contribution in [3.05, 3.63) is 24.0 Å². The number of nitrogens with two attached hydrogens (primary N) is 1. The van der Waals surface area contributed by atoms with Crippen molar-refractivity contribution in [3.8, 4) is 0 Å². The molecule has 7 heteroatoms. The van der Waals surface area contributed by atoms with Gasteiger partial charge in [0.25, 0.3) is 0 Å². The molecule has 0 fully saturated rings. The number of primary sulfonamides is 1. The summed E-state index contributed by atoms with van der Waals surface area (Å²) in [4.78, 5) is -0.285. The molecule has 5 nitrogen and oxygen atoms in total. The summed E-state index contributed by atoms with van der Waals surface area (Å²) in [7, 11) is -3.89. The number of hydrogen-bond donors (Lipinski definition) is 3. The molecule has 0 saturated carbocycles. The highest BCUT2D eigenvalue weighted by molar-refractivity contribution is 7.89. The number of nitrogens with one attached hydrogen (secondary N) is 1. The third-order valence-corrected chi connectivity index (χ3v) is 2.77. The Kier molecular flexibility index (Phi) is 3.84. The maximum atomic E-state index is 13.4. The molecule has 0 spiro atoms. The molecule has 0 aliphatic rings. The first-order valence-electron chi connectivity index (χ1n) is 4.55. The molecule has 1 atom stereocenters. The Morgan fingerprint density at radius 1 is 1.56 bits per heavy atom. The molecule has 1 unspecified atom stereocenters. The van der Waals surface area contributed by atoms with Crippen molar-refractivity contribution in [2.24, 2.45) is 5.14 Å². The summed E-state index contributed by atoms with van der Waals surface area (Å²) >= 11 is 0. The Morgan fingerprint density at radius 2 is 2.19 bits per heavy atom. The van der Waals surface area contributed by atoms with Crippen LogP contribution in [-0.2, 0) is 10.0 Å². The van der Waals surface area contributed by atoms with Crippen LogP contribution >= 0.6 is 0 Å². The Bertz CT molecular complexity index is 474. The highest BCUT2D eigenvalue weighted by atomic mass is 32.2. The van der Waals surface area contributed by atoms with Crippen molar-refractivity contribution in [1.29, 1.82) is 0 Å². The fraction of sp³-hybridized carbons (Fsp3) is 0.333. The molecule has 0 saturated heterocycles. The van der Waals surface area contributed by atoms with Crippen molar-refractivity contribution in [2.45, 2.75) is 17.9 Å². The topological polar surface area (TPSA) is 92.4 Å². The van der Waals surface area contributed by atoms with Crippen molar-refractivity contribution in [3.63, 3.8) is 0 Å². The van der Waals surface area contributed by atoms with Crippen LogP contribution in [0, 0.1) is 5.82 Å². The second-order valence-corrected chi connectivity index (χ2v) is 4.98. The predicted molar refractivity (Wildman–Crippen MR) is 57.9 cm³/mol. The fourth-order valence-electron chi connectivity index (χ4n) is 1.07. The normalized spacial score (nSPS) is 13.5. The molecule has 0 radical (unpaired) electrons. The van der Waals surface area contributed by atoms with Gasteiger partial charge in [-0.15, -0.1) is 0 Å². The number of anilines is 1. The zero-order chi connectivity index (χ0) is 12.3. The maximum Gasteiger partial charge on any atom is 0.238 e. The van der Waals surface area contributed by atoms with E-state index in [4.69, 9.17) is 10.2 Å². The smallest absolute Gasteiger partial charge is 0.238 e. The quantitative estimate of drug-likeness (QED) is 0.713. The van der Waals surface area contributed by atoms with Crippen LogP contribution in [0.3, 0.4) is 0 Å². The maximum absolute atomic E-state index is 13.4.